The second kappa shape index (κ2) is 8.68. The lowest BCUT2D eigenvalue weighted by atomic mass is 9.95. The summed E-state index contributed by atoms with van der Waals surface area (Å²) in [4.78, 5) is 14.7. The first-order valence-corrected chi connectivity index (χ1v) is 9.16. The number of morpholine rings is 1. The molecule has 0 saturated carbocycles. The minimum Gasteiger partial charge on any atom is -0.483 e. The van der Waals surface area contributed by atoms with Crippen LogP contribution in [0.4, 0.5) is 0 Å². The number of aryl methyl sites for hydroxylation is 3. The van der Waals surface area contributed by atoms with Crippen molar-refractivity contribution >= 4 is 5.91 Å². The summed E-state index contributed by atoms with van der Waals surface area (Å²) in [6.45, 7) is 14.5. The standard InChI is InChI=1S/C20H32N2O3/c1-6-20(5,22-7-9-24-10-8-22)14-21-18(23)13-25-19-16(3)11-15(2)12-17(19)4/h11-12H,6-10,13-14H2,1-5H3,(H,21,23)/t20-/m1/s1. The second-order valence-electron chi connectivity index (χ2n) is 7.24. The average Bonchev–Trinajstić information content (AvgIpc) is 2.59. The molecule has 5 nitrogen and oxygen atoms in total. The van der Waals surface area contributed by atoms with E-state index in [1.807, 2.05) is 13.8 Å². The third-order valence-electron chi connectivity index (χ3n) is 5.15. The summed E-state index contributed by atoms with van der Waals surface area (Å²) in [7, 11) is 0. The van der Waals surface area contributed by atoms with Gasteiger partial charge in [-0.05, 0) is 45.2 Å². The third-order valence-corrected chi connectivity index (χ3v) is 5.15. The fourth-order valence-electron chi connectivity index (χ4n) is 3.44. The number of carbonyl (C=O) groups is 1. The van der Waals surface area contributed by atoms with Crippen molar-refractivity contribution in [2.45, 2.75) is 46.6 Å². The van der Waals surface area contributed by atoms with Gasteiger partial charge in [-0.1, -0.05) is 24.6 Å². The number of benzene rings is 1. The molecule has 1 aliphatic heterocycles. The van der Waals surface area contributed by atoms with E-state index in [0.717, 1.165) is 49.6 Å². The molecular formula is C20H32N2O3. The third kappa shape index (κ3) is 5.19. The molecule has 0 bridgehead atoms. The molecule has 0 aliphatic carbocycles. The molecule has 1 N–H and O–H groups in total. The van der Waals surface area contributed by atoms with Gasteiger partial charge in [0.2, 0.25) is 0 Å². The predicted molar refractivity (Wildman–Crippen MR) is 100 cm³/mol. The van der Waals surface area contributed by atoms with Crippen LogP contribution in [0.25, 0.3) is 0 Å². The van der Waals surface area contributed by atoms with Crippen LogP contribution in [0.5, 0.6) is 5.75 Å². The highest BCUT2D eigenvalue weighted by Gasteiger charge is 2.31. The number of nitrogens with one attached hydrogen (secondary N) is 1. The zero-order chi connectivity index (χ0) is 18.4. The van der Waals surface area contributed by atoms with Crippen molar-refractivity contribution in [3.63, 3.8) is 0 Å². The van der Waals surface area contributed by atoms with Crippen LogP contribution < -0.4 is 10.1 Å². The van der Waals surface area contributed by atoms with E-state index in [2.05, 4.69) is 43.1 Å². The summed E-state index contributed by atoms with van der Waals surface area (Å²) in [5.41, 5.74) is 3.29. The molecule has 0 aromatic heterocycles. The van der Waals surface area contributed by atoms with Gasteiger partial charge in [0.1, 0.15) is 5.75 Å². The van der Waals surface area contributed by atoms with Crippen molar-refractivity contribution in [3.8, 4) is 5.75 Å². The van der Waals surface area contributed by atoms with E-state index in [1.54, 1.807) is 0 Å². The summed E-state index contributed by atoms with van der Waals surface area (Å²) < 4.78 is 11.2. The minimum absolute atomic E-state index is 0.0465. The molecule has 1 atom stereocenters. The normalized spacial score (nSPS) is 17.8. The Hall–Kier alpha value is -1.59. The topological polar surface area (TPSA) is 50.8 Å². The average molecular weight is 348 g/mol. The van der Waals surface area contributed by atoms with E-state index in [-0.39, 0.29) is 18.1 Å². The highest BCUT2D eigenvalue weighted by Crippen LogP contribution is 2.24. The van der Waals surface area contributed by atoms with E-state index in [9.17, 15) is 4.79 Å². The van der Waals surface area contributed by atoms with Gasteiger partial charge in [0, 0.05) is 25.2 Å². The molecule has 5 heteroatoms. The first kappa shape index (κ1) is 19.7. The Balaban J connectivity index is 1.87. The van der Waals surface area contributed by atoms with E-state index in [1.165, 1.54) is 5.56 Å². The first-order valence-electron chi connectivity index (χ1n) is 9.16. The van der Waals surface area contributed by atoms with E-state index in [4.69, 9.17) is 9.47 Å². The summed E-state index contributed by atoms with van der Waals surface area (Å²) in [5, 5.41) is 3.05. The van der Waals surface area contributed by atoms with Crippen molar-refractivity contribution in [1.82, 2.24) is 10.2 Å². The van der Waals surface area contributed by atoms with Crippen LogP contribution in [0.15, 0.2) is 12.1 Å². The Bertz CT molecular complexity index is 574. The van der Waals surface area contributed by atoms with Gasteiger partial charge in [0.15, 0.2) is 6.61 Å². The van der Waals surface area contributed by atoms with E-state index in [0.29, 0.717) is 6.54 Å². The van der Waals surface area contributed by atoms with Crippen molar-refractivity contribution < 1.29 is 14.3 Å². The summed E-state index contributed by atoms with van der Waals surface area (Å²) >= 11 is 0. The van der Waals surface area contributed by atoms with Crippen molar-refractivity contribution in [3.05, 3.63) is 28.8 Å². The number of nitrogens with zero attached hydrogens (tertiary/aromatic N) is 1. The quantitative estimate of drug-likeness (QED) is 0.823. The molecule has 1 saturated heterocycles. The maximum atomic E-state index is 12.3. The SMILES string of the molecule is CC[C@](C)(CNC(=O)COc1c(C)cc(C)cc1C)N1CCOCC1. The summed E-state index contributed by atoms with van der Waals surface area (Å²) in [6, 6.07) is 4.15. The zero-order valence-corrected chi connectivity index (χ0v) is 16.3. The Morgan fingerprint density at radius 1 is 1.24 bits per heavy atom. The molecule has 140 valence electrons. The Morgan fingerprint density at radius 3 is 2.40 bits per heavy atom. The molecule has 1 aliphatic rings. The van der Waals surface area contributed by atoms with Crippen LogP contribution in [-0.4, -0.2) is 55.8 Å². The fourth-order valence-corrected chi connectivity index (χ4v) is 3.44. The van der Waals surface area contributed by atoms with E-state index >= 15 is 0 Å². The van der Waals surface area contributed by atoms with Crippen LogP contribution in [0.3, 0.4) is 0 Å². The van der Waals surface area contributed by atoms with Crippen molar-refractivity contribution in [2.24, 2.45) is 0 Å². The van der Waals surface area contributed by atoms with Gasteiger partial charge in [0.25, 0.3) is 5.91 Å². The molecule has 1 amide bonds. The van der Waals surface area contributed by atoms with Gasteiger partial charge in [-0.25, -0.2) is 0 Å². The first-order chi connectivity index (χ1) is 11.9. The number of ether oxygens (including phenoxy) is 2. The summed E-state index contributed by atoms with van der Waals surface area (Å²) in [6.07, 6.45) is 0.977. The molecule has 1 fully saturated rings. The number of amides is 1. The maximum absolute atomic E-state index is 12.3. The molecule has 1 aromatic rings. The number of hydrogen-bond donors (Lipinski definition) is 1. The number of rotatable bonds is 7. The van der Waals surface area contributed by atoms with Crippen LogP contribution in [0.2, 0.25) is 0 Å². The predicted octanol–water partition coefficient (Wildman–Crippen LogP) is 2.61. The minimum atomic E-state index is -0.0766. The Morgan fingerprint density at radius 2 is 1.84 bits per heavy atom. The van der Waals surface area contributed by atoms with Crippen LogP contribution >= 0.6 is 0 Å². The highest BCUT2D eigenvalue weighted by atomic mass is 16.5. The van der Waals surface area contributed by atoms with Gasteiger partial charge in [-0.15, -0.1) is 0 Å². The highest BCUT2D eigenvalue weighted by molar-refractivity contribution is 5.77. The molecule has 0 spiro atoms. The van der Waals surface area contributed by atoms with E-state index < -0.39 is 0 Å². The summed E-state index contributed by atoms with van der Waals surface area (Å²) in [5.74, 6) is 0.736. The van der Waals surface area contributed by atoms with Crippen molar-refractivity contribution in [1.29, 1.82) is 0 Å². The second-order valence-corrected chi connectivity index (χ2v) is 7.24. The molecule has 25 heavy (non-hydrogen) atoms. The number of hydrogen-bond acceptors (Lipinski definition) is 4. The van der Waals surface area contributed by atoms with Gasteiger partial charge in [-0.2, -0.15) is 0 Å². The largest absolute Gasteiger partial charge is 0.483 e. The van der Waals surface area contributed by atoms with Crippen molar-refractivity contribution in [2.75, 3.05) is 39.5 Å². The zero-order valence-electron chi connectivity index (χ0n) is 16.3. The molecular weight excluding hydrogens is 316 g/mol. The number of carbonyl (C=O) groups excluding carboxylic acids is 1. The molecule has 1 heterocycles. The van der Waals surface area contributed by atoms with Gasteiger partial charge < -0.3 is 14.8 Å². The van der Waals surface area contributed by atoms with Gasteiger partial charge in [0.05, 0.1) is 13.2 Å². The van der Waals surface area contributed by atoms with Gasteiger partial charge in [-0.3, -0.25) is 9.69 Å². The van der Waals surface area contributed by atoms with Gasteiger partial charge >= 0.3 is 0 Å². The lowest BCUT2D eigenvalue weighted by molar-refractivity contribution is -0.124. The Kier molecular flexibility index (Phi) is 6.85. The Labute approximate surface area is 151 Å². The monoisotopic (exact) mass is 348 g/mol. The molecule has 0 radical (unpaired) electrons. The molecule has 2 rings (SSSR count). The smallest absolute Gasteiger partial charge is 0.258 e. The molecule has 0 unspecified atom stereocenters. The maximum Gasteiger partial charge on any atom is 0.258 e. The van der Waals surface area contributed by atoms with Crippen LogP contribution in [0.1, 0.15) is 37.0 Å². The lowest BCUT2D eigenvalue weighted by Crippen LogP contribution is -2.57. The fraction of sp³-hybridized carbons (Fsp3) is 0.650. The van der Waals surface area contributed by atoms with Crippen LogP contribution in [-0.2, 0) is 9.53 Å². The van der Waals surface area contributed by atoms with Crippen LogP contribution in [0, 0.1) is 20.8 Å². The molecule has 1 aromatic carbocycles. The lowest BCUT2D eigenvalue weighted by Gasteiger charge is -2.43.